The zero-order chi connectivity index (χ0) is 19.2. The third kappa shape index (κ3) is 4.36. The molecule has 2 aliphatic carbocycles. The molecular formula is C19H23F4N3S. The highest BCUT2D eigenvalue weighted by atomic mass is 32.2. The first-order chi connectivity index (χ1) is 12.7. The van der Waals surface area contributed by atoms with Gasteiger partial charge in [0.1, 0.15) is 0 Å². The number of alkyl halides is 4. The summed E-state index contributed by atoms with van der Waals surface area (Å²) < 4.78 is 59.9. The Kier molecular flexibility index (Phi) is 4.81. The molecule has 0 atom stereocenters. The van der Waals surface area contributed by atoms with Gasteiger partial charge in [0, 0.05) is 37.2 Å². The average Bonchev–Trinajstić information content (AvgIpc) is 3.35. The first kappa shape index (κ1) is 18.9. The van der Waals surface area contributed by atoms with Crippen molar-refractivity contribution in [1.82, 2.24) is 9.55 Å². The summed E-state index contributed by atoms with van der Waals surface area (Å²) in [5.74, 6) is -6.04. The van der Waals surface area contributed by atoms with Crippen molar-refractivity contribution in [3.8, 4) is 0 Å². The molecule has 0 spiro atoms. The fraction of sp³-hybridized carbons (Fsp3) is 0.632. The van der Waals surface area contributed by atoms with E-state index in [0.717, 1.165) is 12.6 Å². The van der Waals surface area contributed by atoms with Gasteiger partial charge in [-0.05, 0) is 61.7 Å². The van der Waals surface area contributed by atoms with E-state index in [2.05, 4.69) is 9.71 Å². The van der Waals surface area contributed by atoms with Crippen LogP contribution in [0.5, 0.6) is 0 Å². The zero-order valence-corrected chi connectivity index (χ0v) is 16.0. The van der Waals surface area contributed by atoms with E-state index in [9.17, 15) is 17.6 Å². The highest BCUT2D eigenvalue weighted by Crippen LogP contribution is 2.39. The molecule has 0 radical (unpaired) electrons. The van der Waals surface area contributed by atoms with E-state index in [-0.39, 0.29) is 24.6 Å². The number of hydrogen-bond donors (Lipinski definition) is 1. The Bertz CT molecular complexity index is 816. The summed E-state index contributed by atoms with van der Waals surface area (Å²) in [5, 5.41) is 0.623. The maximum atomic E-state index is 14.2. The highest BCUT2D eigenvalue weighted by Gasteiger charge is 2.37. The van der Waals surface area contributed by atoms with Crippen LogP contribution in [0.15, 0.2) is 18.2 Å². The highest BCUT2D eigenvalue weighted by molar-refractivity contribution is 8.01. The van der Waals surface area contributed by atoms with Gasteiger partial charge >= 0.3 is 5.92 Å². The van der Waals surface area contributed by atoms with Crippen molar-refractivity contribution in [3.05, 3.63) is 24.0 Å². The minimum absolute atomic E-state index is 0.0358. The largest absolute Gasteiger partial charge is 0.329 e. The molecule has 0 unspecified atom stereocenters. The van der Waals surface area contributed by atoms with E-state index in [1.165, 1.54) is 17.4 Å². The van der Waals surface area contributed by atoms with E-state index in [1.807, 2.05) is 6.07 Å². The van der Waals surface area contributed by atoms with Gasteiger partial charge in [0.15, 0.2) is 5.82 Å². The number of halogens is 4. The molecule has 0 saturated heterocycles. The fourth-order valence-corrected chi connectivity index (χ4v) is 4.39. The molecular weight excluding hydrogens is 378 g/mol. The Labute approximate surface area is 160 Å². The monoisotopic (exact) mass is 401 g/mol. The fourth-order valence-electron chi connectivity index (χ4n) is 3.59. The minimum Gasteiger partial charge on any atom is -0.329 e. The number of rotatable bonds is 6. The number of benzene rings is 1. The lowest BCUT2D eigenvalue weighted by Gasteiger charge is -2.29. The molecule has 4 rings (SSSR count). The van der Waals surface area contributed by atoms with Crippen LogP contribution in [-0.4, -0.2) is 20.7 Å². The second kappa shape index (κ2) is 6.87. The summed E-state index contributed by atoms with van der Waals surface area (Å²) in [6.07, 6.45) is 2.74. The second-order valence-electron chi connectivity index (χ2n) is 7.86. The summed E-state index contributed by atoms with van der Waals surface area (Å²) in [6, 6.07) is 5.44. The molecule has 2 aliphatic rings. The Morgan fingerprint density at radius 3 is 2.56 bits per heavy atom. The number of imidazole rings is 1. The average molecular weight is 401 g/mol. The number of hydrogen-bond acceptors (Lipinski definition) is 3. The summed E-state index contributed by atoms with van der Waals surface area (Å²) >= 11 is 1.65. The van der Waals surface area contributed by atoms with Crippen LogP contribution in [-0.2, 0) is 12.5 Å². The van der Waals surface area contributed by atoms with Crippen LogP contribution in [0.1, 0.15) is 51.3 Å². The normalized spacial score (nSPS) is 20.9. The van der Waals surface area contributed by atoms with Crippen LogP contribution >= 0.6 is 11.9 Å². The minimum atomic E-state index is -3.09. The lowest BCUT2D eigenvalue weighted by molar-refractivity contribution is -0.0483. The number of fused-ring (bicyclic) bond motifs is 1. The van der Waals surface area contributed by atoms with Gasteiger partial charge < -0.3 is 9.29 Å². The lowest BCUT2D eigenvalue weighted by Crippen LogP contribution is -2.28. The molecule has 2 aromatic rings. The van der Waals surface area contributed by atoms with E-state index < -0.39 is 11.8 Å². The van der Waals surface area contributed by atoms with Crippen LogP contribution in [0.2, 0.25) is 0 Å². The van der Waals surface area contributed by atoms with Crippen LogP contribution in [0.3, 0.4) is 0 Å². The smallest absolute Gasteiger partial charge is 0.302 e. The molecule has 27 heavy (non-hydrogen) atoms. The van der Waals surface area contributed by atoms with Crippen molar-refractivity contribution in [3.63, 3.8) is 0 Å². The van der Waals surface area contributed by atoms with Crippen molar-refractivity contribution in [2.45, 2.75) is 69.1 Å². The van der Waals surface area contributed by atoms with Crippen LogP contribution in [0, 0.1) is 5.92 Å². The molecule has 8 heteroatoms. The SMILES string of the molecule is CC(F)(F)c1nc2cc(NSC3CC3)ccc2n1CC1CCC(F)(F)CC1. The molecule has 1 aromatic heterocycles. The van der Waals surface area contributed by atoms with Gasteiger partial charge in [0.2, 0.25) is 5.92 Å². The maximum absolute atomic E-state index is 14.2. The molecule has 0 aliphatic heterocycles. The Balaban J connectivity index is 1.60. The number of nitrogens with one attached hydrogen (secondary N) is 1. The molecule has 1 heterocycles. The Morgan fingerprint density at radius 1 is 1.22 bits per heavy atom. The van der Waals surface area contributed by atoms with E-state index in [4.69, 9.17) is 0 Å². The van der Waals surface area contributed by atoms with Crippen molar-refractivity contribution in [2.24, 2.45) is 5.92 Å². The second-order valence-corrected chi connectivity index (χ2v) is 8.96. The molecule has 0 amide bonds. The van der Waals surface area contributed by atoms with E-state index >= 15 is 0 Å². The molecule has 2 saturated carbocycles. The predicted octanol–water partition coefficient (Wildman–Crippen LogP) is 6.20. The van der Waals surface area contributed by atoms with Gasteiger partial charge in [0.05, 0.1) is 11.0 Å². The molecule has 1 aromatic carbocycles. The number of anilines is 1. The van der Waals surface area contributed by atoms with Gasteiger partial charge in [-0.1, -0.05) is 0 Å². The molecule has 1 N–H and O–H groups in total. The van der Waals surface area contributed by atoms with Crippen LogP contribution < -0.4 is 4.72 Å². The third-order valence-electron chi connectivity index (χ3n) is 5.29. The molecule has 0 bridgehead atoms. The molecule has 3 nitrogen and oxygen atoms in total. The number of nitrogens with zero attached hydrogens (tertiary/aromatic N) is 2. The van der Waals surface area contributed by atoms with Crippen LogP contribution in [0.25, 0.3) is 11.0 Å². The molecule has 148 valence electrons. The first-order valence-corrected chi connectivity index (χ1v) is 10.3. The quantitative estimate of drug-likeness (QED) is 0.462. The Hall–Kier alpha value is -1.44. The summed E-state index contributed by atoms with van der Waals surface area (Å²) in [7, 11) is 0. The van der Waals surface area contributed by atoms with Crippen molar-refractivity contribution in [2.75, 3.05) is 4.72 Å². The van der Waals surface area contributed by atoms with Crippen molar-refractivity contribution >= 4 is 28.7 Å². The molecule has 2 fully saturated rings. The summed E-state index contributed by atoms with van der Waals surface area (Å²) in [6.45, 7) is 1.14. The topological polar surface area (TPSA) is 29.9 Å². The van der Waals surface area contributed by atoms with Gasteiger partial charge in [-0.25, -0.2) is 13.8 Å². The lowest BCUT2D eigenvalue weighted by atomic mass is 9.86. The van der Waals surface area contributed by atoms with Gasteiger partial charge in [-0.2, -0.15) is 8.78 Å². The standard InChI is InChI=1S/C19H23F4N3S/c1-18(20,21)17-24-15-10-13(25-27-14-3-4-14)2-5-16(15)26(17)11-12-6-8-19(22,23)9-7-12/h2,5,10,12,14,25H,3-4,6-9,11H2,1H3. The summed E-state index contributed by atoms with van der Waals surface area (Å²) in [4.78, 5) is 4.20. The van der Waals surface area contributed by atoms with Gasteiger partial charge in [-0.3, -0.25) is 0 Å². The number of aromatic nitrogens is 2. The third-order valence-corrected chi connectivity index (χ3v) is 6.44. The van der Waals surface area contributed by atoms with E-state index in [1.54, 1.807) is 24.1 Å². The van der Waals surface area contributed by atoms with E-state index in [0.29, 0.717) is 35.7 Å². The Morgan fingerprint density at radius 2 is 1.93 bits per heavy atom. The van der Waals surface area contributed by atoms with Crippen LogP contribution in [0.4, 0.5) is 23.2 Å². The predicted molar refractivity (Wildman–Crippen MR) is 100 cm³/mol. The van der Waals surface area contributed by atoms with Crippen molar-refractivity contribution in [1.29, 1.82) is 0 Å². The van der Waals surface area contributed by atoms with Crippen molar-refractivity contribution < 1.29 is 17.6 Å². The zero-order valence-electron chi connectivity index (χ0n) is 15.2. The first-order valence-electron chi connectivity index (χ1n) is 9.39. The van der Waals surface area contributed by atoms with Gasteiger partial charge in [-0.15, -0.1) is 0 Å². The summed E-state index contributed by atoms with van der Waals surface area (Å²) in [5.41, 5.74) is 1.98. The van der Waals surface area contributed by atoms with Gasteiger partial charge in [0.25, 0.3) is 0 Å². The maximum Gasteiger partial charge on any atom is 0.302 e.